The van der Waals surface area contributed by atoms with Gasteiger partial charge in [0.1, 0.15) is 5.75 Å². The van der Waals surface area contributed by atoms with Gasteiger partial charge in [-0.15, -0.1) is 5.10 Å². The van der Waals surface area contributed by atoms with E-state index in [9.17, 15) is 0 Å². The Balaban J connectivity index is 1.38. The molecule has 0 bridgehead atoms. The van der Waals surface area contributed by atoms with Gasteiger partial charge in [-0.25, -0.2) is 0 Å². The molecule has 0 aliphatic carbocycles. The van der Waals surface area contributed by atoms with E-state index in [4.69, 9.17) is 9.47 Å². The lowest BCUT2D eigenvalue weighted by molar-refractivity contribution is -0.0266. The molecule has 6 heteroatoms. The van der Waals surface area contributed by atoms with Gasteiger partial charge in [0.2, 0.25) is 0 Å². The molecule has 1 aromatic carbocycles. The SMILES string of the molecule is CN(CC1CN(Cc2cccc3c2OCC3)CCO1)c1cccnn1. The van der Waals surface area contributed by atoms with E-state index >= 15 is 0 Å². The number of ether oxygens (including phenoxy) is 2. The van der Waals surface area contributed by atoms with Crippen molar-refractivity contribution in [2.45, 2.75) is 19.1 Å². The van der Waals surface area contributed by atoms with E-state index in [0.29, 0.717) is 0 Å². The Hall–Kier alpha value is -2.18. The van der Waals surface area contributed by atoms with Crippen molar-refractivity contribution in [3.8, 4) is 5.75 Å². The third-order valence-corrected chi connectivity index (χ3v) is 4.84. The quantitative estimate of drug-likeness (QED) is 0.827. The standard InChI is InChI=1S/C19H24N4O2/c1-22(18-6-3-8-20-21-18)13-17-14-23(9-11-24-17)12-16-5-2-4-15-7-10-25-19(15)16/h2-6,8,17H,7,9-14H2,1H3. The molecule has 6 nitrogen and oxygen atoms in total. The summed E-state index contributed by atoms with van der Waals surface area (Å²) in [6, 6.07) is 10.4. The first-order valence-corrected chi connectivity index (χ1v) is 8.86. The van der Waals surface area contributed by atoms with Crippen LogP contribution in [0.5, 0.6) is 5.75 Å². The summed E-state index contributed by atoms with van der Waals surface area (Å²) in [5.74, 6) is 1.97. The smallest absolute Gasteiger partial charge is 0.151 e. The second kappa shape index (κ2) is 7.37. The maximum atomic E-state index is 5.97. The second-order valence-electron chi connectivity index (χ2n) is 6.69. The molecule has 2 aliphatic rings. The molecule has 1 atom stereocenters. The van der Waals surface area contributed by atoms with Crippen LogP contribution in [0.15, 0.2) is 36.5 Å². The van der Waals surface area contributed by atoms with Gasteiger partial charge in [-0.2, -0.15) is 5.10 Å². The van der Waals surface area contributed by atoms with Crippen LogP contribution in [0.1, 0.15) is 11.1 Å². The highest BCUT2D eigenvalue weighted by atomic mass is 16.5. The van der Waals surface area contributed by atoms with Gasteiger partial charge < -0.3 is 14.4 Å². The van der Waals surface area contributed by atoms with Gasteiger partial charge in [-0.1, -0.05) is 18.2 Å². The number of hydrogen-bond donors (Lipinski definition) is 0. The summed E-state index contributed by atoms with van der Waals surface area (Å²) in [5, 5.41) is 8.11. The summed E-state index contributed by atoms with van der Waals surface area (Å²) in [4.78, 5) is 4.56. The molecule has 3 heterocycles. The third kappa shape index (κ3) is 3.75. The summed E-state index contributed by atoms with van der Waals surface area (Å²) >= 11 is 0. The number of fused-ring (bicyclic) bond motifs is 1. The summed E-state index contributed by atoms with van der Waals surface area (Å²) in [6.07, 6.45) is 2.88. The number of anilines is 1. The first-order valence-electron chi connectivity index (χ1n) is 8.86. The molecule has 0 amide bonds. The van der Waals surface area contributed by atoms with E-state index in [1.165, 1.54) is 11.1 Å². The first-order chi connectivity index (χ1) is 12.3. The van der Waals surface area contributed by atoms with Gasteiger partial charge in [0.25, 0.3) is 0 Å². The molecule has 1 saturated heterocycles. The number of likely N-dealkylation sites (N-methyl/N-ethyl adjacent to an activating group) is 1. The van der Waals surface area contributed by atoms with Gasteiger partial charge in [-0.3, -0.25) is 4.90 Å². The lowest BCUT2D eigenvalue weighted by Gasteiger charge is -2.35. The van der Waals surface area contributed by atoms with Crippen molar-refractivity contribution in [1.82, 2.24) is 15.1 Å². The Labute approximate surface area is 148 Å². The summed E-state index contributed by atoms with van der Waals surface area (Å²) in [5.41, 5.74) is 2.63. The van der Waals surface area contributed by atoms with Crippen molar-refractivity contribution in [2.24, 2.45) is 0 Å². The van der Waals surface area contributed by atoms with Crippen molar-refractivity contribution < 1.29 is 9.47 Å². The van der Waals surface area contributed by atoms with Crippen LogP contribution in [0.4, 0.5) is 5.82 Å². The fraction of sp³-hybridized carbons (Fsp3) is 0.474. The molecule has 0 radical (unpaired) electrons. The molecule has 2 aliphatic heterocycles. The van der Waals surface area contributed by atoms with Crippen LogP contribution >= 0.6 is 0 Å². The molecular weight excluding hydrogens is 316 g/mol. The molecule has 1 aromatic heterocycles. The Morgan fingerprint density at radius 3 is 3.08 bits per heavy atom. The monoisotopic (exact) mass is 340 g/mol. The topological polar surface area (TPSA) is 50.7 Å². The Morgan fingerprint density at radius 1 is 1.24 bits per heavy atom. The van der Waals surface area contributed by atoms with Gasteiger partial charge in [0, 0.05) is 51.4 Å². The lowest BCUT2D eigenvalue weighted by Crippen LogP contribution is -2.46. The normalized spacial score (nSPS) is 20.1. The highest BCUT2D eigenvalue weighted by Crippen LogP contribution is 2.30. The number of benzene rings is 1. The Morgan fingerprint density at radius 2 is 2.20 bits per heavy atom. The van der Waals surface area contributed by atoms with Gasteiger partial charge in [-0.05, 0) is 17.7 Å². The number of aromatic nitrogens is 2. The van der Waals surface area contributed by atoms with Gasteiger partial charge >= 0.3 is 0 Å². The van der Waals surface area contributed by atoms with Crippen LogP contribution in [0.25, 0.3) is 0 Å². The summed E-state index contributed by atoms with van der Waals surface area (Å²) in [7, 11) is 2.03. The minimum absolute atomic E-state index is 0.165. The molecule has 25 heavy (non-hydrogen) atoms. The molecule has 2 aromatic rings. The van der Waals surface area contributed by atoms with Crippen molar-refractivity contribution in [1.29, 1.82) is 0 Å². The molecule has 0 N–H and O–H groups in total. The van der Waals surface area contributed by atoms with E-state index in [-0.39, 0.29) is 6.10 Å². The molecule has 1 unspecified atom stereocenters. The number of morpholine rings is 1. The molecule has 132 valence electrons. The second-order valence-corrected chi connectivity index (χ2v) is 6.69. The van der Waals surface area contributed by atoms with Crippen LogP contribution in [-0.2, 0) is 17.7 Å². The molecule has 4 rings (SSSR count). The average Bonchev–Trinajstić information content (AvgIpc) is 3.13. The minimum Gasteiger partial charge on any atom is -0.493 e. The highest BCUT2D eigenvalue weighted by Gasteiger charge is 2.24. The first kappa shape index (κ1) is 16.3. The fourth-order valence-corrected chi connectivity index (χ4v) is 3.58. The maximum Gasteiger partial charge on any atom is 0.151 e. The molecule has 0 saturated carbocycles. The third-order valence-electron chi connectivity index (χ3n) is 4.84. The van der Waals surface area contributed by atoms with Crippen LogP contribution in [0, 0.1) is 0 Å². The van der Waals surface area contributed by atoms with Crippen molar-refractivity contribution >= 4 is 5.82 Å². The summed E-state index contributed by atoms with van der Waals surface area (Å²) < 4.78 is 11.8. The van der Waals surface area contributed by atoms with Crippen molar-refractivity contribution in [3.05, 3.63) is 47.7 Å². The van der Waals surface area contributed by atoms with Crippen LogP contribution in [-0.4, -0.2) is 61.1 Å². The van der Waals surface area contributed by atoms with E-state index in [1.54, 1.807) is 6.20 Å². The zero-order valence-electron chi connectivity index (χ0n) is 14.6. The van der Waals surface area contributed by atoms with Crippen molar-refractivity contribution in [3.63, 3.8) is 0 Å². The van der Waals surface area contributed by atoms with Crippen LogP contribution in [0.3, 0.4) is 0 Å². The van der Waals surface area contributed by atoms with E-state index in [2.05, 4.69) is 38.2 Å². The number of rotatable bonds is 5. The zero-order chi connectivity index (χ0) is 17.1. The minimum atomic E-state index is 0.165. The lowest BCUT2D eigenvalue weighted by atomic mass is 10.1. The van der Waals surface area contributed by atoms with Gasteiger partial charge in [0.15, 0.2) is 5.82 Å². The molecule has 0 spiro atoms. The predicted molar refractivity (Wildman–Crippen MR) is 96.0 cm³/mol. The highest BCUT2D eigenvalue weighted by molar-refractivity contribution is 5.44. The Bertz CT molecular complexity index is 710. The average molecular weight is 340 g/mol. The molecular formula is C19H24N4O2. The van der Waals surface area contributed by atoms with E-state index in [0.717, 1.165) is 57.4 Å². The summed E-state index contributed by atoms with van der Waals surface area (Å²) in [6.45, 7) is 5.15. The largest absolute Gasteiger partial charge is 0.493 e. The van der Waals surface area contributed by atoms with E-state index < -0.39 is 0 Å². The zero-order valence-corrected chi connectivity index (χ0v) is 14.6. The van der Waals surface area contributed by atoms with E-state index in [1.807, 2.05) is 19.2 Å². The van der Waals surface area contributed by atoms with Gasteiger partial charge in [0.05, 0.1) is 19.3 Å². The fourth-order valence-electron chi connectivity index (χ4n) is 3.58. The number of hydrogen-bond acceptors (Lipinski definition) is 6. The van der Waals surface area contributed by atoms with Crippen LogP contribution < -0.4 is 9.64 Å². The molecule has 1 fully saturated rings. The number of para-hydroxylation sites is 1. The van der Waals surface area contributed by atoms with Crippen molar-refractivity contribution in [2.75, 3.05) is 44.8 Å². The predicted octanol–water partition coefficient (Wildman–Crippen LogP) is 1.75. The van der Waals surface area contributed by atoms with Crippen LogP contribution in [0.2, 0.25) is 0 Å². The number of nitrogens with zero attached hydrogens (tertiary/aromatic N) is 4. The Kier molecular flexibility index (Phi) is 4.81. The maximum absolute atomic E-state index is 5.97.